The van der Waals surface area contributed by atoms with Crippen molar-refractivity contribution in [3.63, 3.8) is 0 Å². The minimum absolute atomic E-state index is 0.347. The molecule has 0 aromatic heterocycles. The lowest BCUT2D eigenvalue weighted by Gasteiger charge is -2.40. The van der Waals surface area contributed by atoms with Crippen LogP contribution in [-0.2, 0) is 0 Å². The summed E-state index contributed by atoms with van der Waals surface area (Å²) in [5.74, 6) is -0.369. The third-order valence-corrected chi connectivity index (χ3v) is 3.50. The van der Waals surface area contributed by atoms with Crippen LogP contribution in [0.25, 0.3) is 0 Å². The minimum atomic E-state index is -0.855. The van der Waals surface area contributed by atoms with Crippen LogP contribution in [0.4, 0.5) is 5.69 Å². The molecule has 1 aliphatic rings. The Hall–Kier alpha value is -1.55. The van der Waals surface area contributed by atoms with Crippen LogP contribution in [0, 0.1) is 5.92 Å². The van der Waals surface area contributed by atoms with E-state index in [1.54, 1.807) is 12.1 Å². The molecule has 18 heavy (non-hydrogen) atoms. The van der Waals surface area contributed by atoms with Crippen molar-refractivity contribution in [3.05, 3.63) is 29.8 Å². The van der Waals surface area contributed by atoms with Crippen LogP contribution in [0.15, 0.2) is 24.3 Å². The summed E-state index contributed by atoms with van der Waals surface area (Å²) < 4.78 is 0. The van der Waals surface area contributed by atoms with Crippen LogP contribution in [0.3, 0.4) is 0 Å². The Morgan fingerprint density at radius 2 is 2.17 bits per heavy atom. The molecular weight excluding hydrogens is 228 g/mol. The van der Waals surface area contributed by atoms with Gasteiger partial charge in [0.1, 0.15) is 0 Å². The topological polar surface area (TPSA) is 52.6 Å². The summed E-state index contributed by atoms with van der Waals surface area (Å²) >= 11 is 0. The van der Waals surface area contributed by atoms with Gasteiger partial charge in [-0.15, -0.1) is 0 Å². The second-order valence-electron chi connectivity index (χ2n) is 5.03. The Bertz CT molecular complexity index is 432. The van der Waals surface area contributed by atoms with Crippen molar-refractivity contribution in [3.8, 4) is 0 Å². The lowest BCUT2D eigenvalue weighted by Crippen LogP contribution is -2.54. The highest BCUT2D eigenvalue weighted by molar-refractivity contribution is 5.94. The molecule has 0 saturated carbocycles. The maximum absolute atomic E-state index is 11.3. The molecular formula is C14H20N2O2. The van der Waals surface area contributed by atoms with Gasteiger partial charge in [-0.2, -0.15) is 0 Å². The van der Waals surface area contributed by atoms with Gasteiger partial charge in [-0.05, 0) is 18.1 Å². The zero-order chi connectivity index (χ0) is 13.1. The van der Waals surface area contributed by atoms with Crippen LogP contribution in [0.2, 0.25) is 0 Å². The van der Waals surface area contributed by atoms with E-state index in [2.05, 4.69) is 24.1 Å². The van der Waals surface area contributed by atoms with Gasteiger partial charge in [0.05, 0.1) is 11.3 Å². The zero-order valence-corrected chi connectivity index (χ0v) is 10.9. The maximum Gasteiger partial charge on any atom is 0.337 e. The van der Waals surface area contributed by atoms with Crippen LogP contribution in [0.5, 0.6) is 0 Å². The van der Waals surface area contributed by atoms with Gasteiger partial charge in [0.25, 0.3) is 0 Å². The molecule has 98 valence electrons. The molecule has 1 aliphatic heterocycles. The molecule has 1 atom stereocenters. The fourth-order valence-corrected chi connectivity index (χ4v) is 2.53. The van der Waals surface area contributed by atoms with Crippen LogP contribution in [-0.4, -0.2) is 36.8 Å². The molecule has 4 nitrogen and oxygen atoms in total. The van der Waals surface area contributed by atoms with E-state index in [0.717, 1.165) is 25.3 Å². The van der Waals surface area contributed by atoms with Crippen LogP contribution < -0.4 is 10.2 Å². The number of aromatic carboxylic acids is 1. The summed E-state index contributed by atoms with van der Waals surface area (Å²) in [6.07, 6.45) is 0. The lowest BCUT2D eigenvalue weighted by atomic mass is 9.98. The molecule has 0 bridgehead atoms. The van der Waals surface area contributed by atoms with Crippen molar-refractivity contribution >= 4 is 11.7 Å². The molecule has 0 aliphatic carbocycles. The van der Waals surface area contributed by atoms with E-state index in [1.165, 1.54) is 0 Å². The summed E-state index contributed by atoms with van der Waals surface area (Å²) in [5, 5.41) is 12.7. The molecule has 1 saturated heterocycles. The first-order chi connectivity index (χ1) is 8.61. The number of carboxylic acid groups (broad SMARTS) is 1. The van der Waals surface area contributed by atoms with E-state index in [4.69, 9.17) is 0 Å². The molecule has 0 radical (unpaired) electrons. The molecule has 0 spiro atoms. The van der Waals surface area contributed by atoms with Crippen LogP contribution >= 0.6 is 0 Å². The van der Waals surface area contributed by atoms with E-state index in [-0.39, 0.29) is 0 Å². The lowest BCUT2D eigenvalue weighted by molar-refractivity contribution is 0.0697. The SMILES string of the molecule is CC(C)C1CNCCN1c1ccccc1C(=O)O. The van der Waals surface area contributed by atoms with Gasteiger partial charge in [-0.3, -0.25) is 0 Å². The minimum Gasteiger partial charge on any atom is -0.478 e. The Kier molecular flexibility index (Phi) is 3.87. The largest absolute Gasteiger partial charge is 0.478 e. The maximum atomic E-state index is 11.3. The second-order valence-corrected chi connectivity index (χ2v) is 5.03. The molecule has 1 fully saturated rings. The molecule has 2 rings (SSSR count). The number of anilines is 1. The molecule has 1 aromatic rings. The molecule has 1 aromatic carbocycles. The van der Waals surface area contributed by atoms with Crippen molar-refractivity contribution in [2.45, 2.75) is 19.9 Å². The summed E-state index contributed by atoms with van der Waals surface area (Å²) in [6, 6.07) is 7.61. The summed E-state index contributed by atoms with van der Waals surface area (Å²) in [5.41, 5.74) is 1.23. The predicted molar refractivity (Wildman–Crippen MR) is 72.2 cm³/mol. The van der Waals surface area contributed by atoms with Gasteiger partial charge in [-0.25, -0.2) is 4.79 Å². The average molecular weight is 248 g/mol. The first-order valence-corrected chi connectivity index (χ1v) is 6.41. The highest BCUT2D eigenvalue weighted by Crippen LogP contribution is 2.26. The number of carboxylic acids is 1. The number of benzene rings is 1. The van der Waals surface area contributed by atoms with E-state index in [1.807, 2.05) is 12.1 Å². The van der Waals surface area contributed by atoms with Crippen molar-refractivity contribution in [1.82, 2.24) is 5.32 Å². The zero-order valence-electron chi connectivity index (χ0n) is 10.9. The Balaban J connectivity index is 2.36. The second kappa shape index (κ2) is 5.40. The quantitative estimate of drug-likeness (QED) is 0.856. The van der Waals surface area contributed by atoms with Gasteiger partial charge < -0.3 is 15.3 Å². The van der Waals surface area contributed by atoms with E-state index in [0.29, 0.717) is 17.5 Å². The van der Waals surface area contributed by atoms with Crippen molar-refractivity contribution in [2.24, 2.45) is 5.92 Å². The first-order valence-electron chi connectivity index (χ1n) is 6.41. The van der Waals surface area contributed by atoms with Gasteiger partial charge in [-0.1, -0.05) is 26.0 Å². The van der Waals surface area contributed by atoms with E-state index in [9.17, 15) is 9.90 Å². The number of nitrogens with one attached hydrogen (secondary N) is 1. The fraction of sp³-hybridized carbons (Fsp3) is 0.500. The summed E-state index contributed by atoms with van der Waals surface area (Å²) in [4.78, 5) is 13.5. The van der Waals surface area contributed by atoms with Gasteiger partial charge in [0, 0.05) is 25.7 Å². The summed E-state index contributed by atoms with van der Waals surface area (Å²) in [6.45, 7) is 7.01. The van der Waals surface area contributed by atoms with Crippen molar-refractivity contribution in [2.75, 3.05) is 24.5 Å². The standard InChI is InChI=1S/C14H20N2O2/c1-10(2)13-9-15-7-8-16(13)12-6-4-3-5-11(12)14(17)18/h3-6,10,13,15H,7-9H2,1-2H3,(H,17,18). The Morgan fingerprint density at radius 1 is 1.44 bits per heavy atom. The third-order valence-electron chi connectivity index (χ3n) is 3.50. The number of nitrogens with zero attached hydrogens (tertiary/aromatic N) is 1. The smallest absolute Gasteiger partial charge is 0.337 e. The van der Waals surface area contributed by atoms with Gasteiger partial charge >= 0.3 is 5.97 Å². The van der Waals surface area contributed by atoms with Gasteiger partial charge in [0.2, 0.25) is 0 Å². The first kappa shape index (κ1) is 12.9. The Morgan fingerprint density at radius 3 is 2.83 bits per heavy atom. The van der Waals surface area contributed by atoms with Gasteiger partial charge in [0.15, 0.2) is 0 Å². The van der Waals surface area contributed by atoms with E-state index >= 15 is 0 Å². The molecule has 4 heteroatoms. The highest BCUT2D eigenvalue weighted by Gasteiger charge is 2.27. The summed E-state index contributed by atoms with van der Waals surface area (Å²) in [7, 11) is 0. The fourth-order valence-electron chi connectivity index (χ4n) is 2.53. The average Bonchev–Trinajstić information content (AvgIpc) is 2.38. The van der Waals surface area contributed by atoms with Crippen molar-refractivity contribution < 1.29 is 9.90 Å². The number of hydrogen-bond acceptors (Lipinski definition) is 3. The number of rotatable bonds is 3. The highest BCUT2D eigenvalue weighted by atomic mass is 16.4. The normalized spacial score (nSPS) is 20.2. The molecule has 1 unspecified atom stereocenters. The Labute approximate surface area is 108 Å². The number of piperazine rings is 1. The number of para-hydroxylation sites is 1. The number of hydrogen-bond donors (Lipinski definition) is 2. The number of carbonyl (C=O) groups is 1. The molecule has 1 heterocycles. The molecule has 2 N–H and O–H groups in total. The van der Waals surface area contributed by atoms with E-state index < -0.39 is 5.97 Å². The van der Waals surface area contributed by atoms with Crippen molar-refractivity contribution in [1.29, 1.82) is 0 Å². The predicted octanol–water partition coefficient (Wildman–Crippen LogP) is 1.82. The molecule has 0 amide bonds. The third kappa shape index (κ3) is 2.48. The van der Waals surface area contributed by atoms with Crippen LogP contribution in [0.1, 0.15) is 24.2 Å². The monoisotopic (exact) mass is 248 g/mol.